The van der Waals surface area contributed by atoms with Crippen LogP contribution in [0.4, 0.5) is 0 Å². The first-order valence-corrected chi connectivity index (χ1v) is 7.76. The van der Waals surface area contributed by atoms with E-state index in [0.29, 0.717) is 0 Å². The zero-order valence-corrected chi connectivity index (χ0v) is 13.5. The molecular weight excluding hydrogens is 286 g/mol. The molecule has 0 bridgehead atoms. The van der Waals surface area contributed by atoms with Gasteiger partial charge >= 0.3 is 0 Å². The maximum atomic E-state index is 4.23. The lowest BCUT2D eigenvalue weighted by Crippen LogP contribution is -2.21. The summed E-state index contributed by atoms with van der Waals surface area (Å²) in [6.07, 6.45) is 2.43. The standard InChI is InChI=1S/C18H21N5/c1-22(2)13-12-18(23-20-14-19-21-23)17-10-8-16(9-11-17)15-6-4-3-5-7-15/h3-11,14,18H,12-13H2,1-2H3. The Kier molecular flexibility index (Phi) is 4.78. The summed E-state index contributed by atoms with van der Waals surface area (Å²) in [7, 11) is 4.15. The van der Waals surface area contributed by atoms with Crippen molar-refractivity contribution in [2.75, 3.05) is 20.6 Å². The van der Waals surface area contributed by atoms with Crippen molar-refractivity contribution in [2.24, 2.45) is 0 Å². The monoisotopic (exact) mass is 307 g/mol. The van der Waals surface area contributed by atoms with Crippen molar-refractivity contribution in [3.63, 3.8) is 0 Å². The molecule has 0 fully saturated rings. The molecule has 1 atom stereocenters. The average Bonchev–Trinajstić information content (AvgIpc) is 3.10. The molecule has 0 saturated heterocycles. The smallest absolute Gasteiger partial charge is 0.162 e. The van der Waals surface area contributed by atoms with Gasteiger partial charge in [-0.1, -0.05) is 54.6 Å². The van der Waals surface area contributed by atoms with Crippen molar-refractivity contribution in [3.8, 4) is 11.1 Å². The summed E-state index contributed by atoms with van der Waals surface area (Å²) >= 11 is 0. The normalized spacial score (nSPS) is 12.5. The number of hydrogen-bond donors (Lipinski definition) is 0. The zero-order chi connectivity index (χ0) is 16.1. The third-order valence-electron chi connectivity index (χ3n) is 3.90. The van der Waals surface area contributed by atoms with Crippen LogP contribution in [0, 0.1) is 0 Å². The highest BCUT2D eigenvalue weighted by Gasteiger charge is 2.16. The van der Waals surface area contributed by atoms with Crippen LogP contribution >= 0.6 is 0 Å². The van der Waals surface area contributed by atoms with Crippen LogP contribution in [-0.4, -0.2) is 45.7 Å². The second-order valence-corrected chi connectivity index (χ2v) is 5.85. The van der Waals surface area contributed by atoms with E-state index >= 15 is 0 Å². The Labute approximate surface area is 136 Å². The Morgan fingerprint density at radius 3 is 2.26 bits per heavy atom. The van der Waals surface area contributed by atoms with E-state index in [1.807, 2.05) is 6.07 Å². The molecule has 2 aromatic carbocycles. The lowest BCUT2D eigenvalue weighted by atomic mass is 9.99. The average molecular weight is 307 g/mol. The van der Waals surface area contributed by atoms with Gasteiger partial charge in [-0.3, -0.25) is 0 Å². The highest BCUT2D eigenvalue weighted by molar-refractivity contribution is 5.63. The third-order valence-corrected chi connectivity index (χ3v) is 3.90. The molecule has 0 aliphatic carbocycles. The van der Waals surface area contributed by atoms with Gasteiger partial charge in [0.25, 0.3) is 0 Å². The molecular formula is C18H21N5. The van der Waals surface area contributed by atoms with Crippen LogP contribution in [0.3, 0.4) is 0 Å². The van der Waals surface area contributed by atoms with E-state index in [2.05, 4.69) is 82.9 Å². The van der Waals surface area contributed by atoms with Gasteiger partial charge in [0, 0.05) is 0 Å². The Bertz CT molecular complexity index is 705. The summed E-state index contributed by atoms with van der Waals surface area (Å²) in [4.78, 5) is 3.86. The van der Waals surface area contributed by atoms with Crippen LogP contribution in [0.5, 0.6) is 0 Å². The van der Waals surface area contributed by atoms with Gasteiger partial charge in [0.05, 0.1) is 6.04 Å². The summed E-state index contributed by atoms with van der Waals surface area (Å²) in [5.74, 6) is 0. The molecule has 0 spiro atoms. The topological polar surface area (TPSA) is 46.8 Å². The number of aromatic nitrogens is 4. The van der Waals surface area contributed by atoms with Gasteiger partial charge in [-0.05, 0) is 49.0 Å². The highest BCUT2D eigenvalue weighted by Crippen LogP contribution is 2.25. The van der Waals surface area contributed by atoms with E-state index < -0.39 is 0 Å². The molecule has 1 unspecified atom stereocenters. The van der Waals surface area contributed by atoms with Gasteiger partial charge in [-0.15, -0.1) is 10.2 Å². The second-order valence-electron chi connectivity index (χ2n) is 5.85. The van der Waals surface area contributed by atoms with Crippen molar-refractivity contribution < 1.29 is 0 Å². The van der Waals surface area contributed by atoms with Gasteiger partial charge in [0.1, 0.15) is 0 Å². The van der Waals surface area contributed by atoms with E-state index in [0.717, 1.165) is 13.0 Å². The van der Waals surface area contributed by atoms with Gasteiger partial charge < -0.3 is 4.90 Å². The van der Waals surface area contributed by atoms with E-state index in [4.69, 9.17) is 0 Å². The Morgan fingerprint density at radius 1 is 0.957 bits per heavy atom. The Hall–Kier alpha value is -2.53. The first-order valence-electron chi connectivity index (χ1n) is 7.76. The molecule has 0 aliphatic heterocycles. The second kappa shape index (κ2) is 7.15. The molecule has 0 amide bonds. The number of benzene rings is 2. The van der Waals surface area contributed by atoms with Crippen LogP contribution in [0.2, 0.25) is 0 Å². The minimum absolute atomic E-state index is 0.102. The van der Waals surface area contributed by atoms with Crippen molar-refractivity contribution in [1.82, 2.24) is 25.1 Å². The fourth-order valence-corrected chi connectivity index (χ4v) is 2.64. The molecule has 3 aromatic rings. The van der Waals surface area contributed by atoms with Crippen LogP contribution in [0.25, 0.3) is 11.1 Å². The molecule has 1 heterocycles. The SMILES string of the molecule is CN(C)CCC(c1ccc(-c2ccccc2)cc1)n1ncnn1. The fourth-order valence-electron chi connectivity index (χ4n) is 2.64. The third kappa shape index (κ3) is 3.81. The van der Waals surface area contributed by atoms with Crippen molar-refractivity contribution >= 4 is 0 Å². The molecule has 3 rings (SSSR count). The molecule has 0 aliphatic rings. The Morgan fingerprint density at radius 2 is 1.65 bits per heavy atom. The molecule has 0 saturated carbocycles. The molecule has 0 N–H and O–H groups in total. The molecule has 5 heteroatoms. The van der Waals surface area contributed by atoms with Crippen molar-refractivity contribution in [3.05, 3.63) is 66.5 Å². The van der Waals surface area contributed by atoms with Gasteiger partial charge in [0.2, 0.25) is 0 Å². The number of nitrogens with zero attached hydrogens (tertiary/aromatic N) is 5. The zero-order valence-electron chi connectivity index (χ0n) is 13.5. The van der Waals surface area contributed by atoms with Crippen LogP contribution in [0.15, 0.2) is 60.9 Å². The number of rotatable bonds is 6. The predicted molar refractivity (Wildman–Crippen MR) is 91.0 cm³/mol. The Balaban J connectivity index is 1.85. The summed E-state index contributed by atoms with van der Waals surface area (Å²) < 4.78 is 0. The molecule has 5 nitrogen and oxygen atoms in total. The minimum Gasteiger partial charge on any atom is -0.309 e. The lowest BCUT2D eigenvalue weighted by molar-refractivity contribution is 0.339. The first kappa shape index (κ1) is 15.4. The lowest BCUT2D eigenvalue weighted by Gasteiger charge is -2.19. The maximum absolute atomic E-state index is 4.23. The van der Waals surface area contributed by atoms with Crippen LogP contribution in [0.1, 0.15) is 18.0 Å². The van der Waals surface area contributed by atoms with Gasteiger partial charge in [-0.2, -0.15) is 4.80 Å². The van der Waals surface area contributed by atoms with Gasteiger partial charge in [0.15, 0.2) is 6.33 Å². The fraction of sp³-hybridized carbons (Fsp3) is 0.278. The van der Waals surface area contributed by atoms with Crippen molar-refractivity contribution in [1.29, 1.82) is 0 Å². The molecule has 0 radical (unpaired) electrons. The largest absolute Gasteiger partial charge is 0.309 e. The molecule has 1 aromatic heterocycles. The van der Waals surface area contributed by atoms with Gasteiger partial charge in [-0.25, -0.2) is 0 Å². The van der Waals surface area contributed by atoms with E-state index in [9.17, 15) is 0 Å². The predicted octanol–water partition coefficient (Wildman–Crippen LogP) is 2.88. The van der Waals surface area contributed by atoms with E-state index in [1.165, 1.54) is 23.0 Å². The summed E-state index contributed by atoms with van der Waals surface area (Å²) in [6, 6.07) is 19.1. The molecule has 118 valence electrons. The quantitative estimate of drug-likeness (QED) is 0.702. The molecule has 23 heavy (non-hydrogen) atoms. The maximum Gasteiger partial charge on any atom is 0.162 e. The van der Waals surface area contributed by atoms with Crippen LogP contribution in [-0.2, 0) is 0 Å². The summed E-state index contributed by atoms with van der Waals surface area (Å²) in [6.45, 7) is 0.965. The number of tetrazole rings is 1. The summed E-state index contributed by atoms with van der Waals surface area (Å²) in [5.41, 5.74) is 3.64. The summed E-state index contributed by atoms with van der Waals surface area (Å²) in [5, 5.41) is 12.2. The first-order chi connectivity index (χ1) is 11.2. The van der Waals surface area contributed by atoms with Crippen LogP contribution < -0.4 is 0 Å². The van der Waals surface area contributed by atoms with E-state index in [-0.39, 0.29) is 6.04 Å². The minimum atomic E-state index is 0.102. The van der Waals surface area contributed by atoms with Crippen molar-refractivity contribution in [2.45, 2.75) is 12.5 Å². The highest BCUT2D eigenvalue weighted by atomic mass is 15.6. The number of hydrogen-bond acceptors (Lipinski definition) is 4. The van der Waals surface area contributed by atoms with E-state index in [1.54, 1.807) is 4.80 Å².